The van der Waals surface area contributed by atoms with Crippen LogP contribution >= 0.6 is 0 Å². The molecule has 0 bridgehead atoms. The molecule has 3 saturated carbocycles. The van der Waals surface area contributed by atoms with E-state index in [0.717, 1.165) is 58.6 Å². The van der Waals surface area contributed by atoms with Gasteiger partial charge in [-0.2, -0.15) is 0 Å². The number of nitro benzene ring substituents is 1. The van der Waals surface area contributed by atoms with Gasteiger partial charge >= 0.3 is 224 Å². The second kappa shape index (κ2) is 12.3. The maximum absolute atomic E-state index is 11.5. The Balaban J connectivity index is 1.29. The van der Waals surface area contributed by atoms with Crippen LogP contribution in [0.3, 0.4) is 0 Å². The molecule has 224 valence electrons. The molecule has 7 atom stereocenters. The first-order valence-corrected chi connectivity index (χ1v) is 18.3. The number of rotatable bonds is 11. The van der Waals surface area contributed by atoms with Crippen LogP contribution in [0.5, 0.6) is 0 Å². The molecule has 0 N–H and O–H groups in total. The Morgan fingerprint density at radius 1 is 0.975 bits per heavy atom. The molecule has 0 amide bonds. The van der Waals surface area contributed by atoms with Crippen molar-refractivity contribution in [2.45, 2.75) is 116 Å². The third kappa shape index (κ3) is 5.56. The predicted octanol–water partition coefficient (Wildman–Crippen LogP) is 8.19. The quantitative estimate of drug-likeness (QED) is 0.109. The van der Waals surface area contributed by atoms with Crippen LogP contribution in [0, 0.1) is 56.5 Å². The molecule has 0 aromatic heterocycles. The number of para-hydroxylation sites is 1. The van der Waals surface area contributed by atoms with Crippen molar-refractivity contribution in [3.63, 3.8) is 0 Å². The van der Waals surface area contributed by atoms with Gasteiger partial charge in [0, 0.05) is 0 Å². The molecule has 1 aromatic carbocycles. The van der Waals surface area contributed by atoms with Crippen molar-refractivity contribution in [3.8, 4) is 0 Å². The summed E-state index contributed by atoms with van der Waals surface area (Å²) >= 11 is 0.105. The van der Waals surface area contributed by atoms with Gasteiger partial charge in [-0.25, -0.2) is 0 Å². The summed E-state index contributed by atoms with van der Waals surface area (Å²) in [7, 11) is 0. The molecule has 4 aliphatic rings. The van der Waals surface area contributed by atoms with Crippen LogP contribution < -0.4 is 4.46 Å². The summed E-state index contributed by atoms with van der Waals surface area (Å²) in [5.74, 6) is 4.33. The van der Waals surface area contributed by atoms with Crippen molar-refractivity contribution in [3.05, 3.63) is 34.4 Å². The summed E-state index contributed by atoms with van der Waals surface area (Å²) in [6.45, 7) is 13.9. The molecule has 0 unspecified atom stereocenters. The molecule has 6 heteroatoms. The molecule has 0 radical (unpaired) electrons. The Hall–Kier alpha value is -0.941. The minimum atomic E-state index is -0.435. The molecule has 1 spiro atoms. The minimum absolute atomic E-state index is 0.00736. The zero-order valence-electron chi connectivity index (χ0n) is 25.7. The van der Waals surface area contributed by atoms with Crippen molar-refractivity contribution in [2.75, 3.05) is 13.2 Å². The van der Waals surface area contributed by atoms with E-state index in [9.17, 15) is 10.1 Å². The first kappa shape index (κ1) is 30.5. The monoisotopic (exact) mass is 619 g/mol. The van der Waals surface area contributed by atoms with Crippen LogP contribution in [0.1, 0.15) is 105 Å². The first-order valence-electron chi connectivity index (χ1n) is 16.3. The Kier molecular flexibility index (Phi) is 9.42. The Bertz CT molecular complexity index is 1020. The van der Waals surface area contributed by atoms with E-state index in [1.54, 1.807) is 12.1 Å². The molecule has 1 saturated heterocycles. The van der Waals surface area contributed by atoms with E-state index in [4.69, 9.17) is 9.47 Å². The van der Waals surface area contributed by atoms with E-state index in [1.807, 2.05) is 12.1 Å². The topological polar surface area (TPSA) is 61.6 Å². The third-order valence-electron chi connectivity index (χ3n) is 12.0. The van der Waals surface area contributed by atoms with Gasteiger partial charge in [-0.3, -0.25) is 0 Å². The molecule has 1 aromatic rings. The summed E-state index contributed by atoms with van der Waals surface area (Å²) in [4.78, 5) is 11.3. The number of nitro groups is 1. The number of hydrogen-bond donors (Lipinski definition) is 0. The fourth-order valence-electron chi connectivity index (χ4n) is 10.1. The van der Waals surface area contributed by atoms with Crippen LogP contribution in [0.25, 0.3) is 0 Å². The summed E-state index contributed by atoms with van der Waals surface area (Å²) in [6, 6.07) is 7.31. The summed E-state index contributed by atoms with van der Waals surface area (Å²) < 4.78 is 14.0. The van der Waals surface area contributed by atoms with Gasteiger partial charge in [0.05, 0.1) is 0 Å². The number of ether oxygens (including phenoxy) is 2. The molecule has 3 aliphatic carbocycles. The average Bonchev–Trinajstić information content (AvgIpc) is 3.54. The van der Waals surface area contributed by atoms with Crippen molar-refractivity contribution in [1.82, 2.24) is 0 Å². The van der Waals surface area contributed by atoms with Gasteiger partial charge in [0.2, 0.25) is 0 Å². The molecule has 5 nitrogen and oxygen atoms in total. The molecule has 1 heterocycles. The summed E-state index contributed by atoms with van der Waals surface area (Å²) in [5, 5.41) is 12.5. The van der Waals surface area contributed by atoms with E-state index >= 15 is 0 Å². The van der Waals surface area contributed by atoms with Crippen LogP contribution in [0.15, 0.2) is 24.3 Å². The third-order valence-corrected chi connectivity index (χ3v) is 14.5. The van der Waals surface area contributed by atoms with E-state index in [-0.39, 0.29) is 31.0 Å². The molecule has 5 rings (SSSR count). The zero-order valence-corrected chi connectivity index (χ0v) is 27.4. The Labute approximate surface area is 249 Å². The molecular formula is C34H53NO4Se. The second-order valence-electron chi connectivity index (χ2n) is 14.5. The second-order valence-corrected chi connectivity index (χ2v) is 16.9. The normalized spacial score (nSPS) is 35.5. The predicted molar refractivity (Wildman–Crippen MR) is 163 cm³/mol. The summed E-state index contributed by atoms with van der Waals surface area (Å²) in [6.07, 6.45) is 14.1. The maximum atomic E-state index is 11.5. The van der Waals surface area contributed by atoms with Crippen LogP contribution in [-0.2, 0) is 9.47 Å². The van der Waals surface area contributed by atoms with E-state index < -0.39 is 5.79 Å². The molecule has 4 fully saturated rings. The molecule has 40 heavy (non-hydrogen) atoms. The van der Waals surface area contributed by atoms with Crippen molar-refractivity contribution >= 4 is 25.1 Å². The van der Waals surface area contributed by atoms with Gasteiger partial charge in [-0.15, -0.1) is 0 Å². The number of hydrogen-bond acceptors (Lipinski definition) is 4. The molecule has 1 aliphatic heterocycles. The van der Waals surface area contributed by atoms with Gasteiger partial charge in [-0.05, 0) is 5.92 Å². The SMILES string of the molecule is CC(C)CCC[C@@H](C)[C@H]1CC[C@H]2[C@@H]3CCC4(OCCO4)[C@](C)(CCC[Se]c4ccccc4[N+](=O)[O-])[C@H]3CC[C@]12C. The van der Waals surface area contributed by atoms with Crippen LogP contribution in [-0.4, -0.2) is 38.9 Å². The average molecular weight is 619 g/mol. The zero-order chi connectivity index (χ0) is 28.5. The summed E-state index contributed by atoms with van der Waals surface area (Å²) in [5.41, 5.74) is 0.774. The van der Waals surface area contributed by atoms with Crippen LogP contribution in [0.4, 0.5) is 5.69 Å². The number of nitrogens with zero attached hydrogens (tertiary/aromatic N) is 1. The van der Waals surface area contributed by atoms with E-state index in [1.165, 1.54) is 51.4 Å². The van der Waals surface area contributed by atoms with Gasteiger partial charge < -0.3 is 0 Å². The van der Waals surface area contributed by atoms with Gasteiger partial charge in [0.15, 0.2) is 0 Å². The van der Waals surface area contributed by atoms with E-state index in [2.05, 4.69) is 34.6 Å². The van der Waals surface area contributed by atoms with Gasteiger partial charge in [0.1, 0.15) is 0 Å². The first-order chi connectivity index (χ1) is 19.1. The van der Waals surface area contributed by atoms with Crippen molar-refractivity contribution in [2.24, 2.45) is 46.3 Å². The number of fused-ring (bicyclic) bond motifs is 3. The van der Waals surface area contributed by atoms with Gasteiger partial charge in [-0.1, -0.05) is 20.3 Å². The Morgan fingerprint density at radius 2 is 1.73 bits per heavy atom. The van der Waals surface area contributed by atoms with Crippen molar-refractivity contribution in [1.29, 1.82) is 0 Å². The standard InChI is InChI=1S/C34H53NO4Se/c1-24(2)10-8-11-25(3)27-14-15-28-26-16-20-34(38-21-22-39-34)33(5,29(26)17-19-32(27,28)4)18-9-23-40-31-13-7-6-12-30(31)35(36)37/h6-7,12-13,24-29H,8-11,14-23H2,1-5H3/t25-,26+,27-,28+,29+,32-,33-/m1/s1. The fraction of sp³-hybridized carbons (Fsp3) is 0.824. The fourth-order valence-corrected chi connectivity index (χ4v) is 12.1. The Morgan fingerprint density at radius 3 is 2.45 bits per heavy atom. The van der Waals surface area contributed by atoms with Crippen LogP contribution in [0.2, 0.25) is 5.32 Å². The van der Waals surface area contributed by atoms with Crippen molar-refractivity contribution < 1.29 is 14.4 Å². The van der Waals surface area contributed by atoms with E-state index in [0.29, 0.717) is 24.5 Å². The molecular weight excluding hydrogens is 565 g/mol. The van der Waals surface area contributed by atoms with Gasteiger partial charge in [0.25, 0.3) is 0 Å². The number of benzene rings is 1.